The number of carbonyl (C=O) groups is 1. The molecule has 0 bridgehead atoms. The van der Waals surface area contributed by atoms with Gasteiger partial charge in [-0.3, -0.25) is 14.7 Å². The van der Waals surface area contributed by atoms with Crippen molar-refractivity contribution >= 4 is 28.4 Å². The molecule has 1 unspecified atom stereocenters. The van der Waals surface area contributed by atoms with E-state index in [9.17, 15) is 9.90 Å². The molecule has 2 aromatic carbocycles. The Kier molecular flexibility index (Phi) is 5.23. The number of fused-ring (bicyclic) bond motifs is 2. The van der Waals surface area contributed by atoms with Crippen LogP contribution in [0.15, 0.2) is 73.1 Å². The fourth-order valence-electron chi connectivity index (χ4n) is 5.35. The summed E-state index contributed by atoms with van der Waals surface area (Å²) in [6.45, 7) is 3.00. The maximum Gasteiger partial charge on any atom is 0.307 e. The van der Waals surface area contributed by atoms with Crippen molar-refractivity contribution in [1.29, 1.82) is 0 Å². The first kappa shape index (κ1) is 20.8. The molecule has 34 heavy (non-hydrogen) atoms. The fraction of sp³-hybridized carbons (Fsp3) is 0.250. The van der Waals surface area contributed by atoms with Gasteiger partial charge in [-0.1, -0.05) is 42.5 Å². The Bertz CT molecular complexity index is 1370. The quantitative estimate of drug-likeness (QED) is 0.467. The van der Waals surface area contributed by atoms with Gasteiger partial charge in [-0.25, -0.2) is 4.98 Å². The van der Waals surface area contributed by atoms with Gasteiger partial charge < -0.3 is 10.0 Å². The molecule has 2 aliphatic heterocycles. The maximum atomic E-state index is 11.3. The number of nitrogens with zero attached hydrogens (tertiary/aromatic N) is 4. The number of benzene rings is 2. The first-order chi connectivity index (χ1) is 16.7. The van der Waals surface area contributed by atoms with Crippen molar-refractivity contribution in [3.05, 3.63) is 84.2 Å². The molecule has 0 saturated carbocycles. The van der Waals surface area contributed by atoms with E-state index in [1.807, 2.05) is 24.5 Å². The summed E-state index contributed by atoms with van der Waals surface area (Å²) >= 11 is 0. The average molecular weight is 451 g/mol. The Morgan fingerprint density at radius 1 is 1.03 bits per heavy atom. The number of anilines is 2. The molecule has 6 nitrogen and oxygen atoms in total. The maximum absolute atomic E-state index is 11.3. The van der Waals surface area contributed by atoms with Crippen LogP contribution in [0.5, 0.6) is 0 Å². The van der Waals surface area contributed by atoms with Crippen molar-refractivity contribution in [2.75, 3.05) is 24.5 Å². The van der Waals surface area contributed by atoms with Crippen molar-refractivity contribution in [3.63, 3.8) is 0 Å². The highest BCUT2D eigenvalue weighted by molar-refractivity contribution is 5.92. The highest BCUT2D eigenvalue weighted by atomic mass is 16.4. The second kappa shape index (κ2) is 8.54. The molecule has 1 fully saturated rings. The van der Waals surface area contributed by atoms with Crippen LogP contribution < -0.4 is 4.90 Å². The summed E-state index contributed by atoms with van der Waals surface area (Å²) in [5.74, 6) is -0.0727. The third kappa shape index (κ3) is 3.70. The zero-order valence-corrected chi connectivity index (χ0v) is 18.9. The lowest BCUT2D eigenvalue weighted by molar-refractivity contribution is -0.141. The summed E-state index contributed by atoms with van der Waals surface area (Å²) in [4.78, 5) is 25.3. The van der Waals surface area contributed by atoms with Crippen molar-refractivity contribution < 1.29 is 9.90 Å². The Balaban J connectivity index is 1.31. The molecule has 6 rings (SSSR count). The van der Waals surface area contributed by atoms with Gasteiger partial charge in [-0.2, -0.15) is 0 Å². The Labute approximate surface area is 198 Å². The number of carboxylic acid groups (broad SMARTS) is 1. The summed E-state index contributed by atoms with van der Waals surface area (Å²) in [5, 5.41) is 10.3. The predicted octanol–water partition coefficient (Wildman–Crippen LogP) is 4.90. The second-order valence-electron chi connectivity index (χ2n) is 9.18. The minimum Gasteiger partial charge on any atom is -0.481 e. The van der Waals surface area contributed by atoms with Crippen LogP contribution in [0.4, 0.5) is 11.5 Å². The summed E-state index contributed by atoms with van der Waals surface area (Å²) in [6, 6.07) is 21.2. The van der Waals surface area contributed by atoms with Crippen molar-refractivity contribution in [2.24, 2.45) is 5.92 Å². The van der Waals surface area contributed by atoms with E-state index in [0.717, 1.165) is 48.3 Å². The molecular formula is C28H26N4O2. The molecular weight excluding hydrogens is 424 g/mol. The van der Waals surface area contributed by atoms with Crippen LogP contribution in [0.25, 0.3) is 22.0 Å². The van der Waals surface area contributed by atoms with Crippen LogP contribution in [0, 0.1) is 5.92 Å². The Morgan fingerprint density at radius 2 is 1.91 bits per heavy atom. The molecule has 2 aromatic heterocycles. The SMILES string of the molecule is O=C(O)C1CCN(Cc2cnc3c(N4CCc5c(-c6ccccc6)cccc54)nccc3c2)C1. The number of hydrogen-bond acceptors (Lipinski definition) is 5. The van der Waals surface area contributed by atoms with Crippen LogP contribution in [0.2, 0.25) is 0 Å². The van der Waals surface area contributed by atoms with Crippen LogP contribution in [-0.4, -0.2) is 45.6 Å². The first-order valence-electron chi connectivity index (χ1n) is 11.8. The van der Waals surface area contributed by atoms with Crippen LogP contribution >= 0.6 is 0 Å². The number of pyridine rings is 2. The smallest absolute Gasteiger partial charge is 0.307 e. The number of carboxylic acids is 1. The topological polar surface area (TPSA) is 69.6 Å². The number of hydrogen-bond donors (Lipinski definition) is 1. The van der Waals surface area contributed by atoms with Gasteiger partial charge in [0.1, 0.15) is 5.52 Å². The molecule has 0 radical (unpaired) electrons. The second-order valence-corrected chi connectivity index (χ2v) is 9.18. The monoisotopic (exact) mass is 450 g/mol. The van der Waals surface area contributed by atoms with Crippen LogP contribution in [0.1, 0.15) is 17.5 Å². The van der Waals surface area contributed by atoms with Crippen LogP contribution in [-0.2, 0) is 17.8 Å². The normalized spacial score (nSPS) is 17.9. The molecule has 4 heterocycles. The third-order valence-electron chi connectivity index (χ3n) is 7.03. The first-order valence-corrected chi connectivity index (χ1v) is 11.8. The van der Waals surface area contributed by atoms with Gasteiger partial charge in [0, 0.05) is 43.1 Å². The Morgan fingerprint density at radius 3 is 2.74 bits per heavy atom. The number of likely N-dealkylation sites (tertiary alicyclic amines) is 1. The lowest BCUT2D eigenvalue weighted by atomic mass is 9.98. The van der Waals surface area contributed by atoms with E-state index < -0.39 is 5.97 Å². The molecule has 1 atom stereocenters. The fourth-order valence-corrected chi connectivity index (χ4v) is 5.35. The summed E-state index contributed by atoms with van der Waals surface area (Å²) in [5.41, 5.74) is 7.07. The van der Waals surface area contributed by atoms with E-state index in [1.165, 1.54) is 22.4 Å². The number of aromatic nitrogens is 2. The van der Waals surface area contributed by atoms with E-state index in [0.29, 0.717) is 13.0 Å². The van der Waals surface area contributed by atoms with Gasteiger partial charge in [0.25, 0.3) is 0 Å². The highest BCUT2D eigenvalue weighted by Crippen LogP contribution is 2.40. The van der Waals surface area contributed by atoms with Gasteiger partial charge in [-0.15, -0.1) is 0 Å². The molecule has 1 saturated heterocycles. The molecule has 2 aliphatic rings. The van der Waals surface area contributed by atoms with E-state index in [4.69, 9.17) is 9.97 Å². The van der Waals surface area contributed by atoms with Gasteiger partial charge in [0.05, 0.1) is 5.92 Å². The lowest BCUT2D eigenvalue weighted by Gasteiger charge is -2.21. The van der Waals surface area contributed by atoms with Crippen molar-refractivity contribution in [2.45, 2.75) is 19.4 Å². The predicted molar refractivity (Wildman–Crippen MR) is 133 cm³/mol. The third-order valence-corrected chi connectivity index (χ3v) is 7.03. The average Bonchev–Trinajstić information content (AvgIpc) is 3.51. The number of rotatable bonds is 5. The molecule has 0 aliphatic carbocycles. The van der Waals surface area contributed by atoms with Gasteiger partial charge >= 0.3 is 5.97 Å². The minimum atomic E-state index is -0.698. The Hall–Kier alpha value is -3.77. The van der Waals surface area contributed by atoms with Gasteiger partial charge in [0.15, 0.2) is 5.82 Å². The van der Waals surface area contributed by atoms with E-state index in [1.54, 1.807) is 0 Å². The largest absolute Gasteiger partial charge is 0.481 e. The zero-order valence-electron chi connectivity index (χ0n) is 18.9. The highest BCUT2D eigenvalue weighted by Gasteiger charge is 2.28. The number of aliphatic carboxylic acids is 1. The standard InChI is InChI=1S/C28H26N4O2/c33-28(34)22-10-13-31(18-22)17-19-15-21-9-12-29-27(26(21)30-16-19)32-14-11-24-23(7-4-8-25(24)32)20-5-2-1-3-6-20/h1-9,12,15-16,22H,10-11,13-14,17-18H2,(H,33,34). The lowest BCUT2D eigenvalue weighted by Crippen LogP contribution is -2.22. The summed E-state index contributed by atoms with van der Waals surface area (Å²) < 4.78 is 0. The molecule has 1 N–H and O–H groups in total. The summed E-state index contributed by atoms with van der Waals surface area (Å²) in [6.07, 6.45) is 5.46. The van der Waals surface area contributed by atoms with Gasteiger partial charge in [0.2, 0.25) is 0 Å². The molecule has 0 amide bonds. The van der Waals surface area contributed by atoms with Crippen LogP contribution in [0.3, 0.4) is 0 Å². The summed E-state index contributed by atoms with van der Waals surface area (Å²) in [7, 11) is 0. The molecule has 170 valence electrons. The van der Waals surface area contributed by atoms with E-state index in [-0.39, 0.29) is 5.92 Å². The molecule has 4 aromatic rings. The van der Waals surface area contributed by atoms with E-state index in [2.05, 4.69) is 58.3 Å². The van der Waals surface area contributed by atoms with E-state index >= 15 is 0 Å². The minimum absolute atomic E-state index is 0.264. The van der Waals surface area contributed by atoms with Crippen molar-refractivity contribution in [3.8, 4) is 11.1 Å². The van der Waals surface area contributed by atoms with Crippen molar-refractivity contribution in [1.82, 2.24) is 14.9 Å². The van der Waals surface area contributed by atoms with Gasteiger partial charge in [-0.05, 0) is 59.8 Å². The zero-order chi connectivity index (χ0) is 23.1. The molecule has 6 heteroatoms. The molecule has 0 spiro atoms.